The first kappa shape index (κ1) is 14.7. The van der Waals surface area contributed by atoms with Gasteiger partial charge in [0.05, 0.1) is 18.6 Å². The van der Waals surface area contributed by atoms with E-state index in [1.165, 1.54) is 0 Å². The molecule has 0 aliphatic carbocycles. The lowest BCUT2D eigenvalue weighted by atomic mass is 10.2. The van der Waals surface area contributed by atoms with Crippen molar-refractivity contribution < 1.29 is 9.53 Å². The van der Waals surface area contributed by atoms with Crippen LogP contribution in [0.1, 0.15) is 18.9 Å². The summed E-state index contributed by atoms with van der Waals surface area (Å²) >= 11 is 10.8. The molecule has 0 aromatic heterocycles. The lowest BCUT2D eigenvalue weighted by Gasteiger charge is -2.11. The van der Waals surface area contributed by atoms with E-state index < -0.39 is 0 Å². The monoisotopic (exact) mass is 286 g/mol. The molecule has 18 heavy (non-hydrogen) atoms. The van der Waals surface area contributed by atoms with Gasteiger partial charge in [0.15, 0.2) is 0 Å². The van der Waals surface area contributed by atoms with Crippen molar-refractivity contribution in [3.05, 3.63) is 28.8 Å². The largest absolute Gasteiger partial charge is 0.492 e. The van der Waals surface area contributed by atoms with Crippen molar-refractivity contribution in [2.45, 2.75) is 13.3 Å². The Bertz CT molecular complexity index is 452. The molecule has 98 valence electrons. The molecule has 0 aliphatic heterocycles. The summed E-state index contributed by atoms with van der Waals surface area (Å²) in [7, 11) is 0. The number of nitrogens with one attached hydrogen (secondary N) is 1. The van der Waals surface area contributed by atoms with E-state index in [0.29, 0.717) is 22.9 Å². The van der Waals surface area contributed by atoms with Crippen LogP contribution in [0.25, 0.3) is 0 Å². The van der Waals surface area contributed by atoms with Gasteiger partial charge >= 0.3 is 0 Å². The van der Waals surface area contributed by atoms with E-state index in [2.05, 4.69) is 5.32 Å². The number of amides is 1. The Morgan fingerprint density at radius 3 is 2.89 bits per heavy atom. The van der Waals surface area contributed by atoms with Gasteiger partial charge in [-0.15, -0.1) is 0 Å². The summed E-state index contributed by atoms with van der Waals surface area (Å²) in [4.78, 5) is 11.5. The summed E-state index contributed by atoms with van der Waals surface area (Å²) < 4.78 is 5.48. The number of thiocarbonyl (C=S) groups is 1. The number of hydrogen-bond acceptors (Lipinski definition) is 3. The number of rotatable bonds is 6. The molecule has 0 bridgehead atoms. The van der Waals surface area contributed by atoms with Gasteiger partial charge < -0.3 is 15.8 Å². The molecular weight excluding hydrogens is 272 g/mol. The van der Waals surface area contributed by atoms with Gasteiger partial charge in [0.25, 0.3) is 0 Å². The molecule has 3 N–H and O–H groups in total. The number of benzene rings is 1. The number of nitrogens with two attached hydrogens (primary N) is 1. The molecule has 0 radical (unpaired) electrons. The highest BCUT2D eigenvalue weighted by molar-refractivity contribution is 7.80. The van der Waals surface area contributed by atoms with Crippen LogP contribution >= 0.6 is 23.8 Å². The van der Waals surface area contributed by atoms with Gasteiger partial charge in [-0.3, -0.25) is 4.79 Å². The van der Waals surface area contributed by atoms with Crippen molar-refractivity contribution >= 4 is 34.7 Å². The molecule has 0 spiro atoms. The fourth-order valence-electron chi connectivity index (χ4n) is 1.36. The second-order valence-electron chi connectivity index (χ2n) is 3.56. The van der Waals surface area contributed by atoms with E-state index in [9.17, 15) is 4.79 Å². The van der Waals surface area contributed by atoms with Crippen molar-refractivity contribution in [1.29, 1.82) is 0 Å². The maximum atomic E-state index is 11.3. The molecule has 0 saturated carbocycles. The molecule has 0 aliphatic rings. The van der Waals surface area contributed by atoms with E-state index in [-0.39, 0.29) is 23.9 Å². The Hall–Kier alpha value is -1.33. The Morgan fingerprint density at radius 1 is 1.56 bits per heavy atom. The van der Waals surface area contributed by atoms with Crippen molar-refractivity contribution in [2.75, 3.05) is 13.2 Å². The second-order valence-corrected chi connectivity index (χ2v) is 4.43. The van der Waals surface area contributed by atoms with E-state index in [0.717, 1.165) is 0 Å². The molecule has 0 unspecified atom stereocenters. The quantitative estimate of drug-likeness (QED) is 0.784. The summed E-state index contributed by atoms with van der Waals surface area (Å²) in [6.07, 6.45) is 0.275. The highest BCUT2D eigenvalue weighted by Gasteiger charge is 2.08. The van der Waals surface area contributed by atoms with Crippen LogP contribution in [0, 0.1) is 0 Å². The minimum Gasteiger partial charge on any atom is -0.492 e. The Kier molecular flexibility index (Phi) is 5.88. The lowest BCUT2D eigenvalue weighted by Crippen LogP contribution is -2.24. The first-order valence-corrected chi connectivity index (χ1v) is 6.32. The van der Waals surface area contributed by atoms with Gasteiger partial charge in [0.1, 0.15) is 10.7 Å². The zero-order valence-corrected chi connectivity index (χ0v) is 11.6. The molecule has 0 fully saturated rings. The van der Waals surface area contributed by atoms with Crippen LogP contribution in [0.5, 0.6) is 5.75 Å². The first-order valence-electron chi connectivity index (χ1n) is 5.53. The van der Waals surface area contributed by atoms with Gasteiger partial charge in [-0.2, -0.15) is 0 Å². The van der Waals surface area contributed by atoms with E-state index in [1.807, 2.05) is 6.92 Å². The average molecular weight is 287 g/mol. The van der Waals surface area contributed by atoms with Crippen LogP contribution < -0.4 is 15.8 Å². The zero-order chi connectivity index (χ0) is 13.5. The standard InChI is InChI=1S/C12H15ClN2O2S/c1-2-15-11(16)5-6-17-10-7-8(13)3-4-9(10)12(14)18/h3-4,7H,2,5-6H2,1H3,(H2,14,18)(H,15,16). The zero-order valence-electron chi connectivity index (χ0n) is 10.0. The summed E-state index contributed by atoms with van der Waals surface area (Å²) in [5.74, 6) is 0.440. The van der Waals surface area contributed by atoms with Gasteiger partial charge in [-0.25, -0.2) is 0 Å². The van der Waals surface area contributed by atoms with Gasteiger partial charge in [-0.05, 0) is 25.1 Å². The highest BCUT2D eigenvalue weighted by atomic mass is 35.5. The number of carbonyl (C=O) groups excluding carboxylic acids is 1. The molecule has 0 heterocycles. The van der Waals surface area contributed by atoms with Crippen molar-refractivity contribution in [3.8, 4) is 5.75 Å². The van der Waals surface area contributed by atoms with Crippen molar-refractivity contribution in [1.82, 2.24) is 5.32 Å². The molecule has 0 saturated heterocycles. The molecule has 4 nitrogen and oxygen atoms in total. The Labute approximate surface area is 116 Å². The van der Waals surface area contributed by atoms with Gasteiger partial charge in [-0.1, -0.05) is 23.8 Å². The molecule has 1 rings (SSSR count). The third-order valence-corrected chi connectivity index (χ3v) is 2.62. The van der Waals surface area contributed by atoms with Crippen molar-refractivity contribution in [2.24, 2.45) is 5.73 Å². The molecule has 1 aromatic carbocycles. The smallest absolute Gasteiger partial charge is 0.223 e. The first-order chi connectivity index (χ1) is 8.54. The summed E-state index contributed by atoms with van der Waals surface area (Å²) in [5, 5.41) is 3.22. The molecule has 1 aromatic rings. The maximum absolute atomic E-state index is 11.3. The van der Waals surface area contributed by atoms with Gasteiger partial charge in [0, 0.05) is 11.6 Å². The van der Waals surface area contributed by atoms with E-state index in [1.54, 1.807) is 18.2 Å². The van der Waals surface area contributed by atoms with Crippen LogP contribution in [0.3, 0.4) is 0 Å². The Balaban J connectivity index is 2.63. The number of ether oxygens (including phenoxy) is 1. The van der Waals surface area contributed by atoms with Crippen LogP contribution in [0.4, 0.5) is 0 Å². The number of halogens is 1. The predicted molar refractivity (Wildman–Crippen MR) is 76.1 cm³/mol. The van der Waals surface area contributed by atoms with Crippen LogP contribution in [-0.2, 0) is 4.79 Å². The summed E-state index contributed by atoms with van der Waals surface area (Å²) in [6.45, 7) is 2.72. The van der Waals surface area contributed by atoms with Gasteiger partial charge in [0.2, 0.25) is 5.91 Å². The molecular formula is C12H15ClN2O2S. The lowest BCUT2D eigenvalue weighted by molar-refractivity contribution is -0.121. The predicted octanol–water partition coefficient (Wildman–Crippen LogP) is 1.88. The van der Waals surface area contributed by atoms with Crippen LogP contribution in [0.15, 0.2) is 18.2 Å². The number of hydrogen-bond donors (Lipinski definition) is 2. The van der Waals surface area contributed by atoms with E-state index in [4.69, 9.17) is 34.3 Å². The van der Waals surface area contributed by atoms with Crippen molar-refractivity contribution in [3.63, 3.8) is 0 Å². The topological polar surface area (TPSA) is 64.3 Å². The highest BCUT2D eigenvalue weighted by Crippen LogP contribution is 2.23. The minimum absolute atomic E-state index is 0.0589. The fraction of sp³-hybridized carbons (Fsp3) is 0.333. The third kappa shape index (κ3) is 4.50. The maximum Gasteiger partial charge on any atom is 0.223 e. The summed E-state index contributed by atoms with van der Waals surface area (Å²) in [5.41, 5.74) is 6.19. The Morgan fingerprint density at radius 2 is 2.28 bits per heavy atom. The normalized spacial score (nSPS) is 9.89. The average Bonchev–Trinajstić information content (AvgIpc) is 2.29. The van der Waals surface area contributed by atoms with Crippen LogP contribution in [-0.4, -0.2) is 24.0 Å². The second kappa shape index (κ2) is 7.18. The molecule has 1 amide bonds. The van der Waals surface area contributed by atoms with E-state index >= 15 is 0 Å². The summed E-state index contributed by atoms with van der Waals surface area (Å²) in [6, 6.07) is 5.02. The van der Waals surface area contributed by atoms with Crippen LogP contribution in [0.2, 0.25) is 5.02 Å². The molecule has 0 atom stereocenters. The molecule has 6 heteroatoms. The minimum atomic E-state index is -0.0589. The third-order valence-electron chi connectivity index (χ3n) is 2.17. The number of carbonyl (C=O) groups is 1. The SMILES string of the molecule is CCNC(=O)CCOc1cc(Cl)ccc1C(N)=S. The fourth-order valence-corrected chi connectivity index (χ4v) is 1.69.